The van der Waals surface area contributed by atoms with E-state index in [1.54, 1.807) is 19.0 Å². The molecule has 0 unspecified atom stereocenters. The summed E-state index contributed by atoms with van der Waals surface area (Å²) in [5, 5.41) is 25.9. The number of hydrogen-bond acceptors (Lipinski definition) is 8. The minimum atomic E-state index is -1.12. The number of carbonyl (C=O) groups excluding carboxylic acids is 3. The zero-order valence-corrected chi connectivity index (χ0v) is 20.8. The van der Waals surface area contributed by atoms with Gasteiger partial charge in [-0.3, -0.25) is 14.4 Å². The lowest BCUT2D eigenvalue weighted by atomic mass is 9.73. The molecule has 0 bridgehead atoms. The van der Waals surface area contributed by atoms with Gasteiger partial charge < -0.3 is 30.6 Å². The van der Waals surface area contributed by atoms with Crippen molar-refractivity contribution in [2.45, 2.75) is 62.6 Å². The molecule has 4 aliphatic heterocycles. The zero-order valence-electron chi connectivity index (χ0n) is 20.0. The summed E-state index contributed by atoms with van der Waals surface area (Å²) < 4.78 is 0. The quantitative estimate of drug-likeness (QED) is 0.333. The summed E-state index contributed by atoms with van der Waals surface area (Å²) in [6.07, 6.45) is 0.662. The molecule has 4 rings (SSSR count). The second kappa shape index (κ2) is 9.60. The molecular formula is C23H34N4O6S. The van der Waals surface area contributed by atoms with Crippen molar-refractivity contribution in [2.24, 2.45) is 17.8 Å². The van der Waals surface area contributed by atoms with Gasteiger partial charge in [-0.15, -0.1) is 11.8 Å². The average molecular weight is 495 g/mol. The number of aliphatic hydroxyl groups is 1. The highest BCUT2D eigenvalue weighted by Crippen LogP contribution is 2.53. The Morgan fingerprint density at radius 2 is 1.85 bits per heavy atom. The van der Waals surface area contributed by atoms with Crippen LogP contribution < -0.4 is 10.6 Å². The van der Waals surface area contributed by atoms with E-state index in [9.17, 15) is 29.4 Å². The van der Waals surface area contributed by atoms with Crippen LogP contribution in [0.4, 0.5) is 0 Å². The summed E-state index contributed by atoms with van der Waals surface area (Å²) in [7, 11) is 3.42. The molecule has 3 fully saturated rings. The first-order valence-electron chi connectivity index (χ1n) is 11.9. The number of carboxylic acid groups (broad SMARTS) is 1. The van der Waals surface area contributed by atoms with Gasteiger partial charge in [0.15, 0.2) is 0 Å². The minimum Gasteiger partial charge on any atom is -0.477 e. The second-order valence-corrected chi connectivity index (χ2v) is 11.5. The number of β-amino-alcohol motifs (C(OH)–C–C–N with tert-alkyl or cyclic N) is 1. The lowest BCUT2D eigenvalue weighted by Crippen LogP contribution is -2.62. The van der Waals surface area contributed by atoms with Gasteiger partial charge in [-0.1, -0.05) is 13.8 Å². The Bertz CT molecular complexity index is 923. The van der Waals surface area contributed by atoms with Gasteiger partial charge in [-0.05, 0) is 18.8 Å². The molecule has 2 amide bonds. The zero-order chi connectivity index (χ0) is 24.9. The van der Waals surface area contributed by atoms with Crippen LogP contribution >= 0.6 is 11.8 Å². The summed E-state index contributed by atoms with van der Waals surface area (Å²) in [5.74, 6) is -2.18. The third-order valence-corrected chi connectivity index (χ3v) is 9.06. The van der Waals surface area contributed by atoms with Crippen LogP contribution in [0.5, 0.6) is 0 Å². The lowest BCUT2D eigenvalue weighted by molar-refractivity contribution is -0.160. The maximum absolute atomic E-state index is 13.1. The number of ketones is 1. The first-order chi connectivity index (χ1) is 16.0. The number of Topliss-reactive ketones (excluding diaryl/α,β-unsaturated/α-hetero) is 1. The van der Waals surface area contributed by atoms with Gasteiger partial charge in [0.1, 0.15) is 11.5 Å². The minimum absolute atomic E-state index is 0.00293. The van der Waals surface area contributed by atoms with Crippen LogP contribution in [0.25, 0.3) is 0 Å². The van der Waals surface area contributed by atoms with Crippen molar-refractivity contribution >= 4 is 35.3 Å². The molecular weight excluding hydrogens is 460 g/mol. The fourth-order valence-corrected chi connectivity index (χ4v) is 7.27. The van der Waals surface area contributed by atoms with Crippen LogP contribution in [0.3, 0.4) is 0 Å². The first-order valence-corrected chi connectivity index (χ1v) is 12.7. The summed E-state index contributed by atoms with van der Waals surface area (Å²) in [5.41, 5.74) is 0.0465. The van der Waals surface area contributed by atoms with Crippen LogP contribution in [0.2, 0.25) is 0 Å². The maximum atomic E-state index is 13.1. The fourth-order valence-electron chi connectivity index (χ4n) is 5.79. The number of aliphatic hydroxyl groups excluding tert-OH is 1. The summed E-state index contributed by atoms with van der Waals surface area (Å²) in [6.45, 7) is 4.80. The highest BCUT2D eigenvalue weighted by molar-refractivity contribution is 8.03. The van der Waals surface area contributed by atoms with Gasteiger partial charge in [-0.25, -0.2) is 4.79 Å². The molecule has 0 radical (unpaired) electrons. The Balaban J connectivity index is 1.44. The van der Waals surface area contributed by atoms with Crippen LogP contribution in [-0.4, -0.2) is 100 Å². The molecule has 4 N–H and O–H groups in total. The normalized spacial score (nSPS) is 35.9. The van der Waals surface area contributed by atoms with E-state index in [0.29, 0.717) is 30.8 Å². The number of carboxylic acids is 1. The Morgan fingerprint density at radius 3 is 2.44 bits per heavy atom. The van der Waals surface area contributed by atoms with E-state index in [4.69, 9.17) is 0 Å². The number of fused-ring (bicyclic) bond motifs is 1. The Kier molecular flexibility index (Phi) is 7.10. The van der Waals surface area contributed by atoms with Crippen molar-refractivity contribution in [3.8, 4) is 0 Å². The third-order valence-electron chi connectivity index (χ3n) is 7.55. The van der Waals surface area contributed by atoms with E-state index in [-0.39, 0.29) is 58.9 Å². The van der Waals surface area contributed by atoms with E-state index in [0.717, 1.165) is 0 Å². The van der Waals surface area contributed by atoms with Crippen molar-refractivity contribution in [3.63, 3.8) is 0 Å². The van der Waals surface area contributed by atoms with Gasteiger partial charge in [0.25, 0.3) is 0 Å². The average Bonchev–Trinajstić information content (AvgIpc) is 3.46. The van der Waals surface area contributed by atoms with Crippen LogP contribution in [0.1, 0.15) is 33.1 Å². The van der Waals surface area contributed by atoms with Crippen LogP contribution in [0, 0.1) is 17.8 Å². The molecule has 4 aliphatic rings. The van der Waals surface area contributed by atoms with Crippen molar-refractivity contribution in [3.05, 3.63) is 10.6 Å². The lowest BCUT2D eigenvalue weighted by Gasteiger charge is -2.47. The molecule has 188 valence electrons. The maximum Gasteiger partial charge on any atom is 0.353 e. The molecule has 0 aromatic heterocycles. The van der Waals surface area contributed by atoms with E-state index in [1.165, 1.54) is 16.7 Å². The van der Waals surface area contributed by atoms with Crippen molar-refractivity contribution in [1.82, 2.24) is 20.4 Å². The van der Waals surface area contributed by atoms with Gasteiger partial charge in [0.2, 0.25) is 11.8 Å². The molecule has 34 heavy (non-hydrogen) atoms. The SMILES string of the molecule is C[C@@H](CC(=O)[C@@H]1C[C@@H](O)CN1)[C@H]1C(=O)N2C(C(=O)O)=C(S[C@@H]3CN[C@H](C(=O)N(C)C)C3)[C@H](C)[C@H]12. The first kappa shape index (κ1) is 25.2. The molecule has 4 heterocycles. The number of thioether (sulfide) groups is 1. The Morgan fingerprint density at radius 1 is 1.18 bits per heavy atom. The summed E-state index contributed by atoms with van der Waals surface area (Å²) >= 11 is 1.46. The van der Waals surface area contributed by atoms with E-state index in [2.05, 4.69) is 10.6 Å². The predicted octanol–water partition coefficient (Wildman–Crippen LogP) is -0.371. The fraction of sp³-hybridized carbons (Fsp3) is 0.739. The van der Waals surface area contributed by atoms with Crippen LogP contribution in [-0.2, 0) is 19.2 Å². The van der Waals surface area contributed by atoms with E-state index in [1.807, 2.05) is 13.8 Å². The van der Waals surface area contributed by atoms with Gasteiger partial charge >= 0.3 is 5.97 Å². The van der Waals surface area contributed by atoms with Crippen LogP contribution in [0.15, 0.2) is 10.6 Å². The molecule has 0 spiro atoms. The van der Waals surface area contributed by atoms with Crippen molar-refractivity contribution in [2.75, 3.05) is 27.2 Å². The van der Waals surface area contributed by atoms with E-state index >= 15 is 0 Å². The van der Waals surface area contributed by atoms with Gasteiger partial charge in [-0.2, -0.15) is 0 Å². The largest absolute Gasteiger partial charge is 0.477 e. The number of hydrogen-bond donors (Lipinski definition) is 4. The number of nitrogens with zero attached hydrogens (tertiary/aromatic N) is 2. The highest BCUT2D eigenvalue weighted by Gasteiger charge is 2.60. The highest BCUT2D eigenvalue weighted by atomic mass is 32.2. The molecule has 3 saturated heterocycles. The molecule has 10 nitrogen and oxygen atoms in total. The number of rotatable bonds is 8. The smallest absolute Gasteiger partial charge is 0.353 e. The monoisotopic (exact) mass is 494 g/mol. The predicted molar refractivity (Wildman–Crippen MR) is 126 cm³/mol. The Labute approximate surface area is 203 Å². The molecule has 0 saturated carbocycles. The third kappa shape index (κ3) is 4.38. The number of likely N-dealkylation sites (N-methyl/N-ethyl adjacent to an activating group) is 1. The summed E-state index contributed by atoms with van der Waals surface area (Å²) in [4.78, 5) is 53.9. The number of β-lactam (4-membered cyclic amide) rings is 1. The second-order valence-electron chi connectivity index (χ2n) is 10.2. The number of nitrogens with one attached hydrogen (secondary N) is 2. The van der Waals surface area contributed by atoms with E-state index < -0.39 is 24.0 Å². The number of aliphatic carboxylic acids is 1. The van der Waals surface area contributed by atoms with Gasteiger partial charge in [0.05, 0.1) is 30.1 Å². The van der Waals surface area contributed by atoms with Crippen molar-refractivity contribution < 1.29 is 29.4 Å². The standard InChI is InChI=1S/C23H34N4O6S/c1-10(5-16(29)14-6-12(28)8-24-14)17-18-11(2)20(19(23(32)33)27(18)22(17)31)34-13-7-15(25-9-13)21(30)26(3)4/h10-15,17-18,24-25,28H,5-9H2,1-4H3,(H,32,33)/t10-,11+,12+,13-,14-,15-,17+,18+/m0/s1. The molecule has 0 aliphatic carbocycles. The van der Waals surface area contributed by atoms with Gasteiger partial charge in [0, 0.05) is 49.7 Å². The molecule has 0 aromatic carbocycles. The number of amides is 2. The Hall–Kier alpha value is -1.95. The molecule has 0 aromatic rings. The molecule has 11 heteroatoms. The van der Waals surface area contributed by atoms with Crippen molar-refractivity contribution in [1.29, 1.82) is 0 Å². The topological polar surface area (TPSA) is 139 Å². The number of carbonyl (C=O) groups is 4. The summed E-state index contributed by atoms with van der Waals surface area (Å²) in [6, 6.07) is -0.964. The molecule has 8 atom stereocenters.